The van der Waals surface area contributed by atoms with Gasteiger partial charge in [0.1, 0.15) is 12.1 Å². The van der Waals surface area contributed by atoms with Crippen molar-refractivity contribution in [3.05, 3.63) is 53.6 Å². The molecule has 2 N–H and O–H groups in total. The van der Waals surface area contributed by atoms with Crippen molar-refractivity contribution in [3.8, 4) is 11.5 Å². The van der Waals surface area contributed by atoms with E-state index in [9.17, 15) is 14.4 Å². The van der Waals surface area contributed by atoms with Crippen molar-refractivity contribution < 1.29 is 23.9 Å². The molecule has 0 spiro atoms. The van der Waals surface area contributed by atoms with Crippen LogP contribution in [0.1, 0.15) is 44.2 Å². The van der Waals surface area contributed by atoms with Crippen molar-refractivity contribution in [2.45, 2.75) is 45.1 Å². The number of ether oxygens (including phenoxy) is 2. The summed E-state index contributed by atoms with van der Waals surface area (Å²) in [6.07, 6.45) is 1.30. The Morgan fingerprint density at radius 2 is 1.88 bits per heavy atom. The zero-order chi connectivity index (χ0) is 22.9. The maximum atomic E-state index is 13.0. The smallest absolute Gasteiger partial charge is 0.325 e. The van der Waals surface area contributed by atoms with Crippen LogP contribution < -0.4 is 20.1 Å². The summed E-state index contributed by atoms with van der Waals surface area (Å²) >= 11 is 0. The number of hydrogen-bond donors (Lipinski definition) is 2. The minimum atomic E-state index is -1.15. The number of imide groups is 1. The number of anilines is 1. The lowest BCUT2D eigenvalue weighted by Crippen LogP contribution is -2.46. The Labute approximate surface area is 186 Å². The lowest BCUT2D eigenvalue weighted by molar-refractivity contribution is -0.133. The predicted molar refractivity (Wildman–Crippen MR) is 119 cm³/mol. The van der Waals surface area contributed by atoms with E-state index in [0.717, 1.165) is 16.9 Å². The van der Waals surface area contributed by atoms with Crippen molar-refractivity contribution in [3.63, 3.8) is 0 Å². The minimum absolute atomic E-state index is 0.162. The zero-order valence-corrected chi connectivity index (χ0v) is 18.4. The van der Waals surface area contributed by atoms with Crippen molar-refractivity contribution in [2.75, 3.05) is 18.7 Å². The summed E-state index contributed by atoms with van der Waals surface area (Å²) in [5.41, 5.74) is 1.48. The standard InChI is InChI=1S/C24H27N3O5/c1-4-15(2)17-6-8-18(9-7-17)25-21(28)13-27-22(29)24(3,26-23(27)30)12-16-5-10-19-20(11-16)32-14-31-19/h5-11,15H,4,12-14H2,1-3H3,(H,25,28)(H,26,30)/t15-,24-/m1/s1. The van der Waals surface area contributed by atoms with Gasteiger partial charge in [-0.25, -0.2) is 4.79 Å². The summed E-state index contributed by atoms with van der Waals surface area (Å²) in [6, 6.07) is 12.4. The molecule has 2 heterocycles. The van der Waals surface area contributed by atoms with Crippen LogP contribution in [0.2, 0.25) is 0 Å². The van der Waals surface area contributed by atoms with E-state index in [2.05, 4.69) is 24.5 Å². The zero-order valence-electron chi connectivity index (χ0n) is 18.4. The molecular weight excluding hydrogens is 410 g/mol. The molecule has 2 aromatic carbocycles. The summed E-state index contributed by atoms with van der Waals surface area (Å²) < 4.78 is 10.7. The average molecular weight is 437 g/mol. The Hall–Kier alpha value is -3.55. The van der Waals surface area contributed by atoms with E-state index < -0.39 is 23.4 Å². The number of urea groups is 1. The molecule has 8 heteroatoms. The van der Waals surface area contributed by atoms with Crippen LogP contribution in [0.15, 0.2) is 42.5 Å². The maximum Gasteiger partial charge on any atom is 0.325 e. The number of carbonyl (C=O) groups is 3. The van der Waals surface area contributed by atoms with Crippen LogP contribution in [0.25, 0.3) is 0 Å². The van der Waals surface area contributed by atoms with Crippen LogP contribution in [0.5, 0.6) is 11.5 Å². The van der Waals surface area contributed by atoms with Gasteiger partial charge in [0.2, 0.25) is 12.7 Å². The molecule has 2 aromatic rings. The third-order valence-electron chi connectivity index (χ3n) is 6.02. The summed E-state index contributed by atoms with van der Waals surface area (Å²) in [5.74, 6) is 0.822. The van der Waals surface area contributed by atoms with Crippen LogP contribution in [0.3, 0.4) is 0 Å². The molecule has 2 atom stereocenters. The van der Waals surface area contributed by atoms with Crippen LogP contribution in [0, 0.1) is 0 Å². The van der Waals surface area contributed by atoms with Gasteiger partial charge in [-0.05, 0) is 54.7 Å². The normalized spacial score (nSPS) is 20.3. The molecule has 1 fully saturated rings. The highest BCUT2D eigenvalue weighted by molar-refractivity contribution is 6.10. The van der Waals surface area contributed by atoms with Gasteiger partial charge in [0, 0.05) is 12.1 Å². The fourth-order valence-electron chi connectivity index (χ4n) is 3.94. The molecule has 4 amide bonds. The summed E-state index contributed by atoms with van der Waals surface area (Å²) in [7, 11) is 0. The third kappa shape index (κ3) is 4.26. The second-order valence-electron chi connectivity index (χ2n) is 8.50. The van der Waals surface area contributed by atoms with Gasteiger partial charge in [-0.15, -0.1) is 0 Å². The molecule has 8 nitrogen and oxygen atoms in total. The highest BCUT2D eigenvalue weighted by Gasteiger charge is 2.48. The van der Waals surface area contributed by atoms with Gasteiger partial charge in [-0.2, -0.15) is 0 Å². The monoisotopic (exact) mass is 437 g/mol. The molecule has 0 bridgehead atoms. The number of carbonyl (C=O) groups excluding carboxylic acids is 3. The highest BCUT2D eigenvalue weighted by Crippen LogP contribution is 2.34. The van der Waals surface area contributed by atoms with Gasteiger partial charge in [-0.3, -0.25) is 14.5 Å². The quantitative estimate of drug-likeness (QED) is 0.647. The molecule has 0 unspecified atom stereocenters. The average Bonchev–Trinajstić information content (AvgIpc) is 3.31. The van der Waals surface area contributed by atoms with Crippen molar-refractivity contribution in [2.24, 2.45) is 0 Å². The first kappa shape index (κ1) is 21.7. The van der Waals surface area contributed by atoms with Gasteiger partial charge in [0.05, 0.1) is 0 Å². The molecule has 4 rings (SSSR count). The number of nitrogens with zero attached hydrogens (tertiary/aromatic N) is 1. The summed E-state index contributed by atoms with van der Waals surface area (Å²) in [6.45, 7) is 5.73. The van der Waals surface area contributed by atoms with Crippen LogP contribution in [-0.4, -0.2) is 41.6 Å². The van der Waals surface area contributed by atoms with E-state index in [0.29, 0.717) is 23.1 Å². The molecule has 2 aliphatic rings. The van der Waals surface area contributed by atoms with E-state index in [1.165, 1.54) is 5.56 Å². The summed E-state index contributed by atoms with van der Waals surface area (Å²) in [5, 5.41) is 5.48. The number of amides is 4. The topological polar surface area (TPSA) is 97.0 Å². The van der Waals surface area contributed by atoms with E-state index in [4.69, 9.17) is 9.47 Å². The molecule has 32 heavy (non-hydrogen) atoms. The molecule has 1 saturated heterocycles. The first-order valence-corrected chi connectivity index (χ1v) is 10.7. The number of hydrogen-bond acceptors (Lipinski definition) is 5. The van der Waals surface area contributed by atoms with Crippen molar-refractivity contribution in [1.82, 2.24) is 10.2 Å². The van der Waals surface area contributed by atoms with E-state index in [1.807, 2.05) is 30.3 Å². The fraction of sp³-hybridized carbons (Fsp3) is 0.375. The van der Waals surface area contributed by atoms with Crippen molar-refractivity contribution >= 4 is 23.5 Å². The largest absolute Gasteiger partial charge is 0.454 e. The second kappa shape index (κ2) is 8.53. The van der Waals surface area contributed by atoms with Crippen LogP contribution >= 0.6 is 0 Å². The second-order valence-corrected chi connectivity index (χ2v) is 8.50. The fourth-order valence-corrected chi connectivity index (χ4v) is 3.94. The molecule has 0 saturated carbocycles. The summed E-state index contributed by atoms with van der Waals surface area (Å²) in [4.78, 5) is 39.0. The highest BCUT2D eigenvalue weighted by atomic mass is 16.7. The Morgan fingerprint density at radius 3 is 2.59 bits per heavy atom. The Morgan fingerprint density at radius 1 is 1.16 bits per heavy atom. The van der Waals surface area contributed by atoms with Crippen LogP contribution in [-0.2, 0) is 16.0 Å². The maximum absolute atomic E-state index is 13.0. The number of fused-ring (bicyclic) bond motifs is 1. The molecule has 0 aliphatic carbocycles. The van der Waals surface area contributed by atoms with E-state index in [1.54, 1.807) is 19.1 Å². The Bertz CT molecular complexity index is 1050. The lowest BCUT2D eigenvalue weighted by atomic mass is 9.92. The van der Waals surface area contributed by atoms with E-state index >= 15 is 0 Å². The molecule has 168 valence electrons. The van der Waals surface area contributed by atoms with Crippen molar-refractivity contribution in [1.29, 1.82) is 0 Å². The van der Waals surface area contributed by atoms with Gasteiger partial charge in [0.25, 0.3) is 5.91 Å². The van der Waals surface area contributed by atoms with E-state index in [-0.39, 0.29) is 19.8 Å². The lowest BCUT2D eigenvalue weighted by Gasteiger charge is -2.22. The van der Waals surface area contributed by atoms with Gasteiger partial charge in [-0.1, -0.05) is 32.0 Å². The third-order valence-corrected chi connectivity index (χ3v) is 6.02. The molecule has 2 aliphatic heterocycles. The van der Waals surface area contributed by atoms with Gasteiger partial charge >= 0.3 is 6.03 Å². The predicted octanol–water partition coefficient (Wildman–Crippen LogP) is 3.42. The molecule has 0 aromatic heterocycles. The van der Waals surface area contributed by atoms with Gasteiger partial charge < -0.3 is 20.1 Å². The number of rotatable bonds is 7. The molecular formula is C24H27N3O5. The van der Waals surface area contributed by atoms with Gasteiger partial charge in [0.15, 0.2) is 11.5 Å². The first-order valence-electron chi connectivity index (χ1n) is 10.7. The molecule has 0 radical (unpaired) electrons. The van der Waals surface area contributed by atoms with Crippen LogP contribution in [0.4, 0.5) is 10.5 Å². The minimum Gasteiger partial charge on any atom is -0.454 e. The first-order chi connectivity index (χ1) is 15.3. The number of benzene rings is 2. The Kier molecular flexibility index (Phi) is 5.78. The Balaban J connectivity index is 1.39. The SMILES string of the molecule is CC[C@@H](C)c1ccc(NC(=O)CN2C(=O)N[C@](C)(Cc3ccc4c(c3)OCO4)C2=O)cc1. The number of nitrogens with one attached hydrogen (secondary N) is 2.